The van der Waals surface area contributed by atoms with Crippen LogP contribution >= 0.6 is 0 Å². The highest BCUT2D eigenvalue weighted by molar-refractivity contribution is 5.64. The lowest BCUT2D eigenvalue weighted by Crippen LogP contribution is -2.44. The van der Waals surface area contributed by atoms with Gasteiger partial charge in [-0.1, -0.05) is 75.9 Å². The zero-order valence-corrected chi connectivity index (χ0v) is 19.2. The Hall–Kier alpha value is -1.76. The van der Waals surface area contributed by atoms with Gasteiger partial charge >= 0.3 is 0 Å². The number of unbranched alkanes of at least 4 members (excludes halogenated alkanes) is 3. The summed E-state index contributed by atoms with van der Waals surface area (Å²) in [6.45, 7) is 5.33. The van der Waals surface area contributed by atoms with E-state index < -0.39 is 0 Å². The fraction of sp³-hybridized carbons (Fsp3) is 0.586. The zero-order valence-electron chi connectivity index (χ0n) is 19.2. The molecule has 0 unspecified atom stereocenters. The molecule has 0 N–H and O–H groups in total. The number of hydrogen-bond donors (Lipinski definition) is 0. The second-order valence-electron chi connectivity index (χ2n) is 10.0. The molecule has 0 amide bonds. The Morgan fingerprint density at radius 3 is 1.80 bits per heavy atom. The molecule has 2 bridgehead atoms. The molecule has 162 valence electrons. The molecular weight excluding hydrogens is 364 g/mol. The zero-order chi connectivity index (χ0) is 20.9. The molecule has 30 heavy (non-hydrogen) atoms. The third-order valence-electron chi connectivity index (χ3n) is 8.16. The van der Waals surface area contributed by atoms with Crippen LogP contribution in [0.3, 0.4) is 0 Å². The van der Waals surface area contributed by atoms with Crippen molar-refractivity contribution in [3.63, 3.8) is 0 Å². The monoisotopic (exact) mass is 404 g/mol. The van der Waals surface area contributed by atoms with E-state index in [1.54, 1.807) is 5.56 Å². The van der Waals surface area contributed by atoms with E-state index in [0.29, 0.717) is 10.8 Å². The molecule has 0 radical (unpaired) electrons. The summed E-state index contributed by atoms with van der Waals surface area (Å²) in [5.74, 6) is 0.981. The summed E-state index contributed by atoms with van der Waals surface area (Å²) in [5, 5.41) is 0. The topological polar surface area (TPSA) is 9.23 Å². The molecule has 0 aromatic heterocycles. The molecule has 5 rings (SSSR count). The minimum atomic E-state index is 0.460. The minimum Gasteiger partial charge on any atom is -0.494 e. The number of fused-ring (bicyclic) bond motifs is 3. The highest BCUT2D eigenvalue weighted by Crippen LogP contribution is 2.59. The molecule has 0 aliphatic heterocycles. The molecule has 1 nitrogen and oxygen atoms in total. The number of rotatable bonds is 10. The van der Waals surface area contributed by atoms with Gasteiger partial charge in [0.1, 0.15) is 5.75 Å². The third kappa shape index (κ3) is 4.61. The summed E-state index contributed by atoms with van der Waals surface area (Å²) in [5.41, 5.74) is 5.34. The normalized spacial score (nSPS) is 25.4. The predicted molar refractivity (Wildman–Crippen MR) is 128 cm³/mol. The van der Waals surface area contributed by atoms with Gasteiger partial charge in [-0.3, -0.25) is 0 Å². The highest BCUT2D eigenvalue weighted by atomic mass is 16.5. The average molecular weight is 405 g/mol. The van der Waals surface area contributed by atoms with E-state index >= 15 is 0 Å². The molecule has 3 fully saturated rings. The van der Waals surface area contributed by atoms with Crippen molar-refractivity contribution in [3.8, 4) is 16.9 Å². The molecule has 0 spiro atoms. The van der Waals surface area contributed by atoms with Crippen molar-refractivity contribution in [2.24, 2.45) is 5.41 Å². The van der Waals surface area contributed by atoms with Crippen molar-refractivity contribution in [3.05, 3.63) is 54.1 Å². The second-order valence-corrected chi connectivity index (χ2v) is 10.0. The third-order valence-corrected chi connectivity index (χ3v) is 8.16. The lowest BCUT2D eigenvalue weighted by molar-refractivity contribution is 0.0305. The van der Waals surface area contributed by atoms with Crippen LogP contribution in [-0.2, 0) is 5.41 Å². The van der Waals surface area contributed by atoms with E-state index in [4.69, 9.17) is 4.74 Å². The van der Waals surface area contributed by atoms with Crippen LogP contribution in [0, 0.1) is 5.41 Å². The number of hydrogen-bond acceptors (Lipinski definition) is 1. The summed E-state index contributed by atoms with van der Waals surface area (Å²) >= 11 is 0. The van der Waals surface area contributed by atoms with Gasteiger partial charge < -0.3 is 4.74 Å². The smallest absolute Gasteiger partial charge is 0.119 e. The highest BCUT2D eigenvalue weighted by Gasteiger charge is 2.48. The molecule has 3 aliphatic carbocycles. The van der Waals surface area contributed by atoms with Crippen LogP contribution < -0.4 is 4.74 Å². The maximum absolute atomic E-state index is 5.81. The first kappa shape index (κ1) is 21.5. The molecule has 2 aromatic carbocycles. The molecular formula is C29H40O. The van der Waals surface area contributed by atoms with Gasteiger partial charge in [0.2, 0.25) is 0 Å². The van der Waals surface area contributed by atoms with Crippen LogP contribution in [0.15, 0.2) is 48.5 Å². The Morgan fingerprint density at radius 2 is 1.23 bits per heavy atom. The SMILES string of the molecule is CCCCCC12CCC(c3ccc(-c4ccc(OCCCC)cc4)cc3)(CC1)CC2. The Kier molecular flexibility index (Phi) is 6.86. The second kappa shape index (κ2) is 9.58. The number of benzene rings is 2. The summed E-state index contributed by atoms with van der Waals surface area (Å²) < 4.78 is 5.81. The van der Waals surface area contributed by atoms with Crippen LogP contribution in [0.25, 0.3) is 11.1 Å². The van der Waals surface area contributed by atoms with Gasteiger partial charge in [0.25, 0.3) is 0 Å². The fourth-order valence-corrected chi connectivity index (χ4v) is 5.92. The Labute approximate surface area is 184 Å². The van der Waals surface area contributed by atoms with Crippen molar-refractivity contribution in [2.75, 3.05) is 6.61 Å². The van der Waals surface area contributed by atoms with Crippen molar-refractivity contribution >= 4 is 0 Å². The fourth-order valence-electron chi connectivity index (χ4n) is 5.92. The first-order chi connectivity index (χ1) is 14.7. The van der Waals surface area contributed by atoms with Gasteiger partial charge in [-0.05, 0) is 91.0 Å². The minimum absolute atomic E-state index is 0.460. The summed E-state index contributed by atoms with van der Waals surface area (Å²) in [4.78, 5) is 0. The van der Waals surface area contributed by atoms with E-state index in [1.807, 2.05) is 0 Å². The first-order valence-electron chi connectivity index (χ1n) is 12.5. The average Bonchev–Trinajstić information content (AvgIpc) is 2.81. The Balaban J connectivity index is 1.39. The van der Waals surface area contributed by atoms with Crippen LogP contribution in [-0.4, -0.2) is 6.61 Å². The lowest BCUT2D eigenvalue weighted by Gasteiger charge is -2.54. The number of ether oxygens (including phenoxy) is 1. The van der Waals surface area contributed by atoms with E-state index in [1.165, 1.54) is 81.8 Å². The van der Waals surface area contributed by atoms with E-state index in [9.17, 15) is 0 Å². The van der Waals surface area contributed by atoms with Gasteiger partial charge in [0.05, 0.1) is 6.61 Å². The van der Waals surface area contributed by atoms with Gasteiger partial charge in [0.15, 0.2) is 0 Å². The molecule has 3 aliphatic rings. The maximum Gasteiger partial charge on any atom is 0.119 e. The largest absolute Gasteiger partial charge is 0.494 e. The van der Waals surface area contributed by atoms with Crippen LogP contribution in [0.5, 0.6) is 5.75 Å². The van der Waals surface area contributed by atoms with Gasteiger partial charge in [-0.2, -0.15) is 0 Å². The van der Waals surface area contributed by atoms with Crippen LogP contribution in [0.2, 0.25) is 0 Å². The summed E-state index contributed by atoms with van der Waals surface area (Å²) in [6, 6.07) is 18.1. The molecule has 3 saturated carbocycles. The lowest BCUT2D eigenvalue weighted by atomic mass is 9.51. The quantitative estimate of drug-likeness (QED) is 0.360. The molecule has 0 saturated heterocycles. The van der Waals surface area contributed by atoms with Crippen molar-refractivity contribution in [1.82, 2.24) is 0 Å². The van der Waals surface area contributed by atoms with Gasteiger partial charge in [-0.25, -0.2) is 0 Å². The molecule has 0 heterocycles. The maximum atomic E-state index is 5.81. The molecule has 1 heteroatoms. The predicted octanol–water partition coefficient (Wildman–Crippen LogP) is 8.70. The standard InChI is InChI=1S/C29H40O/c1-3-5-7-16-28-17-20-29(21-18-28,22-19-28)26-12-8-24(9-13-26)25-10-14-27(15-11-25)30-23-6-4-2/h8-15H,3-7,16-23H2,1-2H3. The van der Waals surface area contributed by atoms with Gasteiger partial charge in [0, 0.05) is 0 Å². The van der Waals surface area contributed by atoms with Crippen molar-refractivity contribution in [1.29, 1.82) is 0 Å². The van der Waals surface area contributed by atoms with E-state index in [0.717, 1.165) is 18.8 Å². The van der Waals surface area contributed by atoms with E-state index in [-0.39, 0.29) is 0 Å². The molecule has 0 atom stereocenters. The molecule has 2 aromatic rings. The van der Waals surface area contributed by atoms with Crippen LogP contribution in [0.1, 0.15) is 96.5 Å². The van der Waals surface area contributed by atoms with Gasteiger partial charge in [-0.15, -0.1) is 0 Å². The van der Waals surface area contributed by atoms with E-state index in [2.05, 4.69) is 62.4 Å². The summed E-state index contributed by atoms with van der Waals surface area (Å²) in [7, 11) is 0. The van der Waals surface area contributed by atoms with Crippen molar-refractivity contribution < 1.29 is 4.74 Å². The van der Waals surface area contributed by atoms with Crippen molar-refractivity contribution in [2.45, 2.75) is 96.3 Å². The van der Waals surface area contributed by atoms with Crippen LogP contribution in [0.4, 0.5) is 0 Å². The first-order valence-corrected chi connectivity index (χ1v) is 12.5. The summed E-state index contributed by atoms with van der Waals surface area (Å²) in [6.07, 6.45) is 16.6. The Morgan fingerprint density at radius 1 is 0.667 bits per heavy atom. The Bertz CT molecular complexity index is 762.